The highest BCUT2D eigenvalue weighted by Gasteiger charge is 2.36. The molecular formula is C22H48N2O5Si. The van der Waals surface area contributed by atoms with Crippen molar-refractivity contribution in [2.24, 2.45) is 0 Å². The second kappa shape index (κ2) is 17.7. The first kappa shape index (κ1) is 31.2. The molecule has 0 saturated carbocycles. The highest BCUT2D eigenvalue weighted by Crippen LogP contribution is 2.36. The van der Waals surface area contributed by atoms with E-state index in [9.17, 15) is 9.59 Å². The van der Waals surface area contributed by atoms with Crippen LogP contribution in [0.1, 0.15) is 59.3 Å². The molecule has 0 rings (SSSR count). The summed E-state index contributed by atoms with van der Waals surface area (Å²) < 4.78 is 15.2. The van der Waals surface area contributed by atoms with Crippen LogP contribution in [0.2, 0.25) is 18.1 Å². The van der Waals surface area contributed by atoms with Gasteiger partial charge in [0.25, 0.3) is 0 Å². The van der Waals surface area contributed by atoms with Crippen molar-refractivity contribution in [3.8, 4) is 0 Å². The highest BCUT2D eigenvalue weighted by molar-refractivity contribution is 6.74. The minimum absolute atomic E-state index is 0.119. The van der Waals surface area contributed by atoms with E-state index in [4.69, 9.17) is 4.43 Å². The summed E-state index contributed by atoms with van der Waals surface area (Å²) in [5.74, 6) is -0.253. The molecule has 0 atom stereocenters. The van der Waals surface area contributed by atoms with Crippen LogP contribution in [0.4, 0.5) is 0 Å². The summed E-state index contributed by atoms with van der Waals surface area (Å²) in [6.07, 6.45) is 4.98. The SMILES string of the molecule is CNCCCC(=O)OC.COC(=O)CCCN(C)CCCCO[Si](C)(C)C(C)(C)C. The Labute approximate surface area is 186 Å². The maximum Gasteiger partial charge on any atom is 0.305 e. The van der Waals surface area contributed by atoms with Gasteiger partial charge in [-0.25, -0.2) is 0 Å². The first-order valence-electron chi connectivity index (χ1n) is 11.0. The fourth-order valence-corrected chi connectivity index (χ4v) is 3.33. The highest BCUT2D eigenvalue weighted by atomic mass is 28.4. The average Bonchev–Trinajstić information content (AvgIpc) is 2.67. The lowest BCUT2D eigenvalue weighted by Crippen LogP contribution is -2.41. The number of hydrogen-bond acceptors (Lipinski definition) is 7. The lowest BCUT2D eigenvalue weighted by molar-refractivity contribution is -0.141. The third-order valence-corrected chi connectivity index (χ3v) is 9.93. The van der Waals surface area contributed by atoms with E-state index < -0.39 is 8.32 Å². The zero-order chi connectivity index (χ0) is 23.6. The molecule has 0 aromatic rings. The second-order valence-electron chi connectivity index (χ2n) is 9.08. The lowest BCUT2D eigenvalue weighted by Gasteiger charge is -2.36. The number of ether oxygens (including phenoxy) is 2. The van der Waals surface area contributed by atoms with Crippen LogP contribution in [-0.2, 0) is 23.5 Å². The van der Waals surface area contributed by atoms with Gasteiger partial charge in [0, 0.05) is 19.4 Å². The Morgan fingerprint density at radius 1 is 0.900 bits per heavy atom. The Balaban J connectivity index is 0. The molecule has 0 aromatic carbocycles. The van der Waals surface area contributed by atoms with Gasteiger partial charge in [0.15, 0.2) is 8.32 Å². The predicted molar refractivity (Wildman–Crippen MR) is 126 cm³/mol. The molecule has 30 heavy (non-hydrogen) atoms. The summed E-state index contributed by atoms with van der Waals surface area (Å²) in [4.78, 5) is 23.7. The van der Waals surface area contributed by atoms with Crippen molar-refractivity contribution in [1.82, 2.24) is 10.2 Å². The molecule has 1 N–H and O–H groups in total. The van der Waals surface area contributed by atoms with Crippen LogP contribution in [-0.4, -0.2) is 79.7 Å². The van der Waals surface area contributed by atoms with Crippen molar-refractivity contribution >= 4 is 20.3 Å². The number of nitrogens with one attached hydrogen (secondary N) is 1. The number of rotatable bonds is 14. The molecular weight excluding hydrogens is 400 g/mol. The van der Waals surface area contributed by atoms with Crippen LogP contribution < -0.4 is 5.32 Å². The topological polar surface area (TPSA) is 77.1 Å². The number of nitrogens with zero attached hydrogens (tertiary/aromatic N) is 1. The number of carbonyl (C=O) groups is 2. The molecule has 0 aliphatic carbocycles. The maximum absolute atomic E-state index is 11.0. The zero-order valence-electron chi connectivity index (χ0n) is 21.1. The number of unbranched alkanes of at least 4 members (excludes halogenated alkanes) is 1. The maximum atomic E-state index is 11.0. The van der Waals surface area contributed by atoms with Gasteiger partial charge in [-0.3, -0.25) is 9.59 Å². The van der Waals surface area contributed by atoms with Crippen molar-refractivity contribution in [2.45, 2.75) is 77.4 Å². The minimum atomic E-state index is -1.58. The molecule has 0 aliphatic heterocycles. The Morgan fingerprint density at radius 2 is 1.40 bits per heavy atom. The minimum Gasteiger partial charge on any atom is -0.469 e. The number of hydrogen-bond donors (Lipinski definition) is 1. The molecule has 8 heteroatoms. The van der Waals surface area contributed by atoms with Gasteiger partial charge in [-0.05, 0) is 77.5 Å². The van der Waals surface area contributed by atoms with E-state index in [0.29, 0.717) is 12.8 Å². The second-order valence-corrected chi connectivity index (χ2v) is 13.9. The molecule has 0 fully saturated rings. The van der Waals surface area contributed by atoms with Crippen molar-refractivity contribution in [2.75, 3.05) is 54.6 Å². The normalized spacial score (nSPS) is 11.7. The van der Waals surface area contributed by atoms with Gasteiger partial charge in [0.05, 0.1) is 14.2 Å². The number of esters is 2. The van der Waals surface area contributed by atoms with Gasteiger partial charge >= 0.3 is 11.9 Å². The van der Waals surface area contributed by atoms with Crippen LogP contribution in [0.15, 0.2) is 0 Å². The largest absolute Gasteiger partial charge is 0.469 e. The van der Waals surface area contributed by atoms with Crippen LogP contribution >= 0.6 is 0 Å². The third-order valence-electron chi connectivity index (χ3n) is 5.39. The van der Waals surface area contributed by atoms with Crippen molar-refractivity contribution in [3.05, 3.63) is 0 Å². The third kappa shape index (κ3) is 17.9. The van der Waals surface area contributed by atoms with Crippen LogP contribution in [0.5, 0.6) is 0 Å². The summed E-state index contributed by atoms with van der Waals surface area (Å²) in [5.41, 5.74) is 0. The smallest absolute Gasteiger partial charge is 0.305 e. The van der Waals surface area contributed by atoms with Gasteiger partial charge in [-0.1, -0.05) is 20.8 Å². The summed E-state index contributed by atoms with van der Waals surface area (Å²) in [5, 5.41) is 3.23. The van der Waals surface area contributed by atoms with Crippen molar-refractivity contribution in [1.29, 1.82) is 0 Å². The molecule has 0 aromatic heterocycles. The Kier molecular flexibility index (Phi) is 18.4. The Morgan fingerprint density at radius 3 is 1.87 bits per heavy atom. The fourth-order valence-electron chi connectivity index (χ4n) is 2.25. The molecule has 0 unspecified atom stereocenters. The molecule has 0 saturated heterocycles. The molecule has 0 aliphatic rings. The van der Waals surface area contributed by atoms with E-state index in [1.807, 2.05) is 7.05 Å². The zero-order valence-corrected chi connectivity index (χ0v) is 22.1. The fraction of sp³-hybridized carbons (Fsp3) is 0.909. The predicted octanol–water partition coefficient (Wildman–Crippen LogP) is 3.83. The van der Waals surface area contributed by atoms with Gasteiger partial charge in [0.1, 0.15) is 0 Å². The van der Waals surface area contributed by atoms with Gasteiger partial charge in [0.2, 0.25) is 0 Å². The molecule has 180 valence electrons. The molecule has 0 radical (unpaired) electrons. The number of carbonyl (C=O) groups excluding carboxylic acids is 2. The van der Waals surface area contributed by atoms with Crippen LogP contribution in [0.25, 0.3) is 0 Å². The monoisotopic (exact) mass is 448 g/mol. The molecule has 0 amide bonds. The summed E-state index contributed by atoms with van der Waals surface area (Å²) in [6.45, 7) is 15.1. The lowest BCUT2D eigenvalue weighted by atomic mass is 10.2. The summed E-state index contributed by atoms with van der Waals surface area (Å²) >= 11 is 0. The average molecular weight is 449 g/mol. The Hall–Kier alpha value is -0.963. The van der Waals surface area contributed by atoms with Crippen molar-refractivity contribution < 1.29 is 23.5 Å². The van der Waals surface area contributed by atoms with Gasteiger partial charge in [-0.15, -0.1) is 0 Å². The standard InChI is InChI=1S/C16H35NO3Si.C6H13NO2/c1-16(2,3)21(6,7)20-14-9-8-12-17(4)13-10-11-15(18)19-5;1-7-5-3-4-6(8)9-2/h8-14H2,1-7H3;7H,3-5H2,1-2H3. The van der Waals surface area contributed by atoms with E-state index in [1.165, 1.54) is 14.2 Å². The molecule has 0 heterocycles. The number of methoxy groups -OCH3 is 2. The quantitative estimate of drug-likeness (QED) is 0.246. The van der Waals surface area contributed by atoms with Gasteiger partial charge in [-0.2, -0.15) is 0 Å². The first-order valence-corrected chi connectivity index (χ1v) is 13.9. The van der Waals surface area contributed by atoms with E-state index in [0.717, 1.165) is 51.9 Å². The van der Waals surface area contributed by atoms with Crippen LogP contribution in [0, 0.1) is 0 Å². The first-order chi connectivity index (χ1) is 13.9. The summed E-state index contributed by atoms with van der Waals surface area (Å²) in [6, 6.07) is 0. The Bertz CT molecular complexity index is 453. The van der Waals surface area contributed by atoms with E-state index in [-0.39, 0.29) is 17.0 Å². The van der Waals surface area contributed by atoms with Crippen molar-refractivity contribution in [3.63, 3.8) is 0 Å². The molecule has 7 nitrogen and oxygen atoms in total. The van der Waals surface area contributed by atoms with E-state index >= 15 is 0 Å². The van der Waals surface area contributed by atoms with E-state index in [2.05, 4.69) is 60.6 Å². The van der Waals surface area contributed by atoms with Crippen LogP contribution in [0.3, 0.4) is 0 Å². The van der Waals surface area contributed by atoms with E-state index in [1.54, 1.807) is 0 Å². The van der Waals surface area contributed by atoms with Gasteiger partial charge < -0.3 is 24.1 Å². The summed E-state index contributed by atoms with van der Waals surface area (Å²) in [7, 11) is 5.22. The molecule has 0 spiro atoms. The molecule has 0 bridgehead atoms.